The molecule has 1 aliphatic heterocycles. The van der Waals surface area contributed by atoms with Crippen LogP contribution in [0.2, 0.25) is 0 Å². The zero-order chi connectivity index (χ0) is 19.6. The van der Waals surface area contributed by atoms with Gasteiger partial charge in [-0.1, -0.05) is 37.3 Å². The second-order valence-electron chi connectivity index (χ2n) is 7.16. The van der Waals surface area contributed by atoms with Crippen molar-refractivity contribution in [3.8, 4) is 0 Å². The minimum Gasteiger partial charge on any atom is -0.376 e. The molecule has 2 aromatic rings. The Hall–Kier alpha value is -1.19. The first-order valence-corrected chi connectivity index (χ1v) is 11.2. The lowest BCUT2D eigenvalue weighted by Crippen LogP contribution is -2.40. The number of nitrogens with zero attached hydrogens (tertiary/aromatic N) is 3. The predicted molar refractivity (Wildman–Crippen MR) is 132 cm³/mol. The Labute approximate surface area is 196 Å². The van der Waals surface area contributed by atoms with Crippen LogP contribution in [0.4, 0.5) is 0 Å². The standard InChI is InChI=1S/C22H32N4OS.HI/c1-3-20-14-25-21(28-20)10-12-24-22(23-4-2)26-13-11-19(15-26)17-27-16-18-8-6-5-7-9-18;/h5-9,14,19H,3-4,10-13,15-17H2,1-2H3,(H,23,24);1H. The lowest BCUT2D eigenvalue weighted by atomic mass is 10.1. The van der Waals surface area contributed by atoms with Crippen molar-refractivity contribution in [3.05, 3.63) is 52.0 Å². The highest BCUT2D eigenvalue weighted by molar-refractivity contribution is 14.0. The van der Waals surface area contributed by atoms with E-state index >= 15 is 0 Å². The average molecular weight is 529 g/mol. The Morgan fingerprint density at radius 3 is 2.86 bits per heavy atom. The molecule has 0 radical (unpaired) electrons. The molecule has 1 aliphatic rings. The molecule has 160 valence electrons. The first-order valence-electron chi connectivity index (χ1n) is 10.4. The molecule has 1 N–H and O–H groups in total. The van der Waals surface area contributed by atoms with E-state index in [4.69, 9.17) is 9.73 Å². The summed E-state index contributed by atoms with van der Waals surface area (Å²) in [6.45, 7) is 9.53. The fourth-order valence-corrected chi connectivity index (χ4v) is 4.24. The molecule has 0 bridgehead atoms. The maximum absolute atomic E-state index is 5.95. The number of rotatable bonds is 9. The summed E-state index contributed by atoms with van der Waals surface area (Å²) in [6.07, 6.45) is 5.13. The number of aromatic nitrogens is 1. The van der Waals surface area contributed by atoms with Gasteiger partial charge in [0.05, 0.1) is 18.2 Å². The van der Waals surface area contributed by atoms with Crippen molar-refractivity contribution in [2.75, 3.05) is 32.8 Å². The summed E-state index contributed by atoms with van der Waals surface area (Å²) >= 11 is 1.81. The Morgan fingerprint density at radius 2 is 2.14 bits per heavy atom. The minimum absolute atomic E-state index is 0. The Bertz CT molecular complexity index is 737. The number of likely N-dealkylation sites (tertiary alicyclic amines) is 1. The quantitative estimate of drug-likeness (QED) is 0.299. The van der Waals surface area contributed by atoms with Crippen molar-refractivity contribution < 1.29 is 4.74 Å². The number of halogens is 1. The van der Waals surface area contributed by atoms with Gasteiger partial charge in [-0.2, -0.15) is 0 Å². The fourth-order valence-electron chi connectivity index (χ4n) is 3.39. The van der Waals surface area contributed by atoms with Crippen molar-refractivity contribution in [1.82, 2.24) is 15.2 Å². The van der Waals surface area contributed by atoms with Crippen LogP contribution in [0.3, 0.4) is 0 Å². The van der Waals surface area contributed by atoms with Crippen molar-refractivity contribution in [2.24, 2.45) is 10.9 Å². The second-order valence-corrected chi connectivity index (χ2v) is 8.36. The number of aryl methyl sites for hydroxylation is 1. The second kappa shape index (κ2) is 13.2. The third-order valence-corrected chi connectivity index (χ3v) is 6.12. The molecule has 29 heavy (non-hydrogen) atoms. The van der Waals surface area contributed by atoms with E-state index in [1.54, 1.807) is 11.3 Å². The van der Waals surface area contributed by atoms with E-state index in [-0.39, 0.29) is 24.0 Å². The molecule has 2 heterocycles. The highest BCUT2D eigenvalue weighted by Crippen LogP contribution is 2.18. The van der Waals surface area contributed by atoms with Crippen molar-refractivity contribution in [1.29, 1.82) is 0 Å². The topological polar surface area (TPSA) is 49.8 Å². The summed E-state index contributed by atoms with van der Waals surface area (Å²) in [6, 6.07) is 10.4. The van der Waals surface area contributed by atoms with Crippen LogP contribution in [0, 0.1) is 5.92 Å². The molecule has 1 fully saturated rings. The molecule has 3 rings (SSSR count). The van der Waals surface area contributed by atoms with Crippen molar-refractivity contribution in [2.45, 2.75) is 39.7 Å². The molecule has 1 aromatic carbocycles. The van der Waals surface area contributed by atoms with E-state index in [1.807, 2.05) is 12.3 Å². The number of thiazole rings is 1. The molecule has 0 spiro atoms. The van der Waals surface area contributed by atoms with E-state index in [9.17, 15) is 0 Å². The third-order valence-electron chi connectivity index (χ3n) is 4.92. The van der Waals surface area contributed by atoms with Crippen LogP contribution in [0.15, 0.2) is 41.5 Å². The van der Waals surface area contributed by atoms with Gasteiger partial charge in [0.15, 0.2) is 5.96 Å². The van der Waals surface area contributed by atoms with Crippen LogP contribution < -0.4 is 5.32 Å². The van der Waals surface area contributed by atoms with E-state index in [2.05, 4.69) is 53.3 Å². The summed E-state index contributed by atoms with van der Waals surface area (Å²) < 4.78 is 5.95. The van der Waals surface area contributed by atoms with Crippen LogP contribution in [0.1, 0.15) is 35.7 Å². The van der Waals surface area contributed by atoms with Gasteiger partial charge in [0.25, 0.3) is 0 Å². The van der Waals surface area contributed by atoms with Gasteiger partial charge in [-0.05, 0) is 25.3 Å². The Kier molecular flexibility index (Phi) is 10.9. The highest BCUT2D eigenvalue weighted by Gasteiger charge is 2.25. The molecule has 0 saturated carbocycles. The number of ether oxygens (including phenoxy) is 1. The lowest BCUT2D eigenvalue weighted by molar-refractivity contribution is 0.0907. The number of nitrogens with one attached hydrogen (secondary N) is 1. The van der Waals surface area contributed by atoms with Gasteiger partial charge in [-0.15, -0.1) is 35.3 Å². The smallest absolute Gasteiger partial charge is 0.193 e. The van der Waals surface area contributed by atoms with Gasteiger partial charge in [0, 0.05) is 49.6 Å². The Morgan fingerprint density at radius 1 is 1.31 bits per heavy atom. The summed E-state index contributed by atoms with van der Waals surface area (Å²) in [4.78, 5) is 13.1. The van der Waals surface area contributed by atoms with Crippen LogP contribution in [-0.4, -0.2) is 48.6 Å². The van der Waals surface area contributed by atoms with Gasteiger partial charge >= 0.3 is 0 Å². The first kappa shape index (κ1) is 24.1. The molecule has 0 amide bonds. The fraction of sp³-hybridized carbons (Fsp3) is 0.545. The summed E-state index contributed by atoms with van der Waals surface area (Å²) in [5.74, 6) is 1.60. The number of hydrogen-bond acceptors (Lipinski definition) is 4. The maximum atomic E-state index is 5.95. The average Bonchev–Trinajstić information content (AvgIpc) is 3.38. The lowest BCUT2D eigenvalue weighted by Gasteiger charge is -2.21. The number of guanidine groups is 1. The van der Waals surface area contributed by atoms with Crippen LogP contribution in [0.5, 0.6) is 0 Å². The molecule has 1 saturated heterocycles. The highest BCUT2D eigenvalue weighted by atomic mass is 127. The molecule has 1 atom stereocenters. The predicted octanol–water partition coefficient (Wildman–Crippen LogP) is 4.37. The van der Waals surface area contributed by atoms with Gasteiger partial charge in [0.2, 0.25) is 0 Å². The Balaban J connectivity index is 0.00000300. The molecule has 7 heteroatoms. The van der Waals surface area contributed by atoms with Gasteiger partial charge in [-0.25, -0.2) is 4.98 Å². The number of hydrogen-bond donors (Lipinski definition) is 1. The molecule has 1 aromatic heterocycles. The minimum atomic E-state index is 0. The SMILES string of the molecule is CCNC(=NCCc1ncc(CC)s1)N1CCC(COCc2ccccc2)C1.I. The number of benzene rings is 1. The number of aliphatic imine (C=N–C) groups is 1. The van der Waals surface area contributed by atoms with Crippen LogP contribution in [-0.2, 0) is 24.2 Å². The van der Waals surface area contributed by atoms with Crippen LogP contribution >= 0.6 is 35.3 Å². The van der Waals surface area contributed by atoms with Crippen molar-refractivity contribution in [3.63, 3.8) is 0 Å². The molecular weight excluding hydrogens is 495 g/mol. The summed E-state index contributed by atoms with van der Waals surface area (Å²) in [7, 11) is 0. The van der Waals surface area contributed by atoms with Gasteiger partial charge < -0.3 is 15.0 Å². The monoisotopic (exact) mass is 528 g/mol. The zero-order valence-electron chi connectivity index (χ0n) is 17.5. The van der Waals surface area contributed by atoms with Gasteiger partial charge in [0.1, 0.15) is 0 Å². The van der Waals surface area contributed by atoms with E-state index in [0.717, 1.165) is 58.0 Å². The largest absolute Gasteiger partial charge is 0.376 e. The van der Waals surface area contributed by atoms with E-state index in [1.165, 1.54) is 15.4 Å². The van der Waals surface area contributed by atoms with E-state index < -0.39 is 0 Å². The molecule has 1 unspecified atom stereocenters. The molecular formula is C22H33IN4OS. The maximum Gasteiger partial charge on any atom is 0.193 e. The van der Waals surface area contributed by atoms with E-state index in [0.29, 0.717) is 12.5 Å². The van der Waals surface area contributed by atoms with Gasteiger partial charge in [-0.3, -0.25) is 4.99 Å². The van der Waals surface area contributed by atoms with Crippen molar-refractivity contribution >= 4 is 41.3 Å². The summed E-state index contributed by atoms with van der Waals surface area (Å²) in [5, 5.41) is 4.63. The normalized spacial score (nSPS) is 16.7. The molecule has 0 aliphatic carbocycles. The summed E-state index contributed by atoms with van der Waals surface area (Å²) in [5.41, 5.74) is 1.24. The third kappa shape index (κ3) is 7.86. The van der Waals surface area contributed by atoms with Crippen LogP contribution in [0.25, 0.3) is 0 Å². The first-order chi connectivity index (χ1) is 13.8. The zero-order valence-corrected chi connectivity index (χ0v) is 20.6. The molecule has 5 nitrogen and oxygen atoms in total.